The lowest BCUT2D eigenvalue weighted by molar-refractivity contribution is 0.757. The van der Waals surface area contributed by atoms with Gasteiger partial charge in [-0.25, -0.2) is 0 Å². The second-order valence-corrected chi connectivity index (χ2v) is 2.56. The zero-order valence-electron chi connectivity index (χ0n) is 5.94. The molecule has 0 saturated carbocycles. The maximum atomic E-state index is 4.34. The van der Waals surface area contributed by atoms with Crippen LogP contribution in [-0.4, -0.2) is 4.98 Å². The average molecular weight is 133 g/mol. The first-order valence-corrected chi connectivity index (χ1v) is 3.44. The smallest absolute Gasteiger partial charge is 0.0590 e. The number of aromatic nitrogens is 1. The summed E-state index contributed by atoms with van der Waals surface area (Å²) in [6, 6.07) is 5.11. The van der Waals surface area contributed by atoms with Crippen LogP contribution in [0.5, 0.6) is 0 Å². The maximum absolute atomic E-state index is 4.34. The van der Waals surface area contributed by atoms with Gasteiger partial charge in [-0.1, -0.05) is 0 Å². The van der Waals surface area contributed by atoms with Gasteiger partial charge in [-0.05, 0) is 18.6 Å². The molecule has 0 spiro atoms. The van der Waals surface area contributed by atoms with Crippen LogP contribution in [0.3, 0.4) is 0 Å². The van der Waals surface area contributed by atoms with E-state index in [1.807, 2.05) is 13.0 Å². The van der Waals surface area contributed by atoms with E-state index in [2.05, 4.69) is 16.4 Å². The molecule has 2 heterocycles. The standard InChI is InChI=1S/C8H9N2/c1-6-2-3-7-4-9-5-8(7)10-6/h3,9H,4-5H2,1H3. The molecule has 0 atom stereocenters. The van der Waals surface area contributed by atoms with Crippen molar-refractivity contribution in [2.45, 2.75) is 20.0 Å². The van der Waals surface area contributed by atoms with Crippen molar-refractivity contribution in [3.8, 4) is 0 Å². The molecular formula is C8H9N2. The first-order valence-electron chi connectivity index (χ1n) is 3.44. The minimum atomic E-state index is 0.921. The summed E-state index contributed by atoms with van der Waals surface area (Å²) in [6.45, 7) is 3.85. The SMILES string of the molecule is Cc1[c]cc2c(n1)CNC2. The van der Waals surface area contributed by atoms with E-state index < -0.39 is 0 Å². The summed E-state index contributed by atoms with van der Waals surface area (Å²) in [4.78, 5) is 4.34. The Labute approximate surface area is 60.3 Å². The van der Waals surface area contributed by atoms with Crippen molar-refractivity contribution in [1.29, 1.82) is 0 Å². The molecular weight excluding hydrogens is 124 g/mol. The lowest BCUT2D eigenvalue weighted by Gasteiger charge is -1.95. The largest absolute Gasteiger partial charge is 0.307 e. The van der Waals surface area contributed by atoms with Gasteiger partial charge in [0.15, 0.2) is 0 Å². The molecule has 1 radical (unpaired) electrons. The number of hydrogen-bond donors (Lipinski definition) is 1. The van der Waals surface area contributed by atoms with Crippen molar-refractivity contribution < 1.29 is 0 Å². The quantitative estimate of drug-likeness (QED) is 0.566. The molecule has 0 unspecified atom stereocenters. The fourth-order valence-electron chi connectivity index (χ4n) is 1.20. The van der Waals surface area contributed by atoms with Crippen LogP contribution >= 0.6 is 0 Å². The van der Waals surface area contributed by atoms with E-state index >= 15 is 0 Å². The molecule has 0 bridgehead atoms. The topological polar surface area (TPSA) is 24.9 Å². The van der Waals surface area contributed by atoms with Crippen LogP contribution in [0.25, 0.3) is 0 Å². The van der Waals surface area contributed by atoms with E-state index in [9.17, 15) is 0 Å². The fourth-order valence-corrected chi connectivity index (χ4v) is 1.20. The molecule has 10 heavy (non-hydrogen) atoms. The summed E-state index contributed by atoms with van der Waals surface area (Å²) < 4.78 is 0. The highest BCUT2D eigenvalue weighted by molar-refractivity contribution is 5.24. The maximum Gasteiger partial charge on any atom is 0.0590 e. The third-order valence-electron chi connectivity index (χ3n) is 1.74. The van der Waals surface area contributed by atoms with Gasteiger partial charge < -0.3 is 5.32 Å². The number of pyridine rings is 1. The average Bonchev–Trinajstić information content (AvgIpc) is 2.33. The monoisotopic (exact) mass is 133 g/mol. The van der Waals surface area contributed by atoms with E-state index in [0.29, 0.717) is 0 Å². The molecule has 0 saturated heterocycles. The molecule has 1 aliphatic heterocycles. The van der Waals surface area contributed by atoms with Gasteiger partial charge in [0.1, 0.15) is 0 Å². The summed E-state index contributed by atoms with van der Waals surface area (Å²) in [5, 5.41) is 3.23. The zero-order valence-corrected chi connectivity index (χ0v) is 5.94. The first kappa shape index (κ1) is 5.86. The molecule has 1 N–H and O–H groups in total. The Morgan fingerprint density at radius 2 is 2.50 bits per heavy atom. The van der Waals surface area contributed by atoms with E-state index in [4.69, 9.17) is 0 Å². The Morgan fingerprint density at radius 1 is 1.60 bits per heavy atom. The van der Waals surface area contributed by atoms with Crippen LogP contribution in [0.15, 0.2) is 6.07 Å². The fraction of sp³-hybridized carbons (Fsp3) is 0.375. The molecule has 1 aliphatic rings. The third-order valence-corrected chi connectivity index (χ3v) is 1.74. The lowest BCUT2D eigenvalue weighted by atomic mass is 10.2. The summed E-state index contributed by atoms with van der Waals surface area (Å²) >= 11 is 0. The van der Waals surface area contributed by atoms with Gasteiger partial charge in [0.2, 0.25) is 0 Å². The molecule has 0 fully saturated rings. The van der Waals surface area contributed by atoms with Crippen LogP contribution in [-0.2, 0) is 13.1 Å². The summed E-state index contributed by atoms with van der Waals surface area (Å²) in [7, 11) is 0. The highest BCUT2D eigenvalue weighted by atomic mass is 14.9. The number of hydrogen-bond acceptors (Lipinski definition) is 2. The van der Waals surface area contributed by atoms with E-state index in [1.54, 1.807) is 0 Å². The summed E-state index contributed by atoms with van der Waals surface area (Å²) in [6.07, 6.45) is 0. The molecule has 1 aromatic heterocycles. The van der Waals surface area contributed by atoms with E-state index in [1.165, 1.54) is 11.3 Å². The number of aryl methyl sites for hydroxylation is 1. The molecule has 0 amide bonds. The predicted molar refractivity (Wildman–Crippen MR) is 38.4 cm³/mol. The van der Waals surface area contributed by atoms with Gasteiger partial charge >= 0.3 is 0 Å². The zero-order chi connectivity index (χ0) is 6.97. The molecule has 51 valence electrons. The Kier molecular flexibility index (Phi) is 1.21. The second kappa shape index (κ2) is 2.06. The van der Waals surface area contributed by atoms with Gasteiger partial charge in [-0.2, -0.15) is 0 Å². The van der Waals surface area contributed by atoms with Crippen LogP contribution in [0.2, 0.25) is 0 Å². The van der Waals surface area contributed by atoms with Crippen molar-refractivity contribution >= 4 is 0 Å². The van der Waals surface area contributed by atoms with Crippen molar-refractivity contribution in [3.05, 3.63) is 29.1 Å². The van der Waals surface area contributed by atoms with Crippen LogP contribution in [0, 0.1) is 13.0 Å². The van der Waals surface area contributed by atoms with Crippen molar-refractivity contribution in [3.63, 3.8) is 0 Å². The normalized spacial score (nSPS) is 15.3. The Balaban J connectivity index is 2.52. The van der Waals surface area contributed by atoms with Crippen molar-refractivity contribution in [2.24, 2.45) is 0 Å². The number of rotatable bonds is 0. The highest BCUT2D eigenvalue weighted by Crippen LogP contribution is 2.11. The van der Waals surface area contributed by atoms with Gasteiger partial charge in [-0.3, -0.25) is 4.98 Å². The van der Waals surface area contributed by atoms with Crippen LogP contribution < -0.4 is 5.32 Å². The van der Waals surface area contributed by atoms with Gasteiger partial charge in [-0.15, -0.1) is 0 Å². The third kappa shape index (κ3) is 0.809. The highest BCUT2D eigenvalue weighted by Gasteiger charge is 2.09. The van der Waals surface area contributed by atoms with E-state index in [-0.39, 0.29) is 0 Å². The number of fused-ring (bicyclic) bond motifs is 1. The predicted octanol–water partition coefficient (Wildman–Crippen LogP) is 0.793. The summed E-state index contributed by atoms with van der Waals surface area (Å²) in [5.41, 5.74) is 3.48. The van der Waals surface area contributed by atoms with Crippen LogP contribution in [0.1, 0.15) is 17.0 Å². The van der Waals surface area contributed by atoms with Gasteiger partial charge in [0, 0.05) is 24.8 Å². The minimum absolute atomic E-state index is 0.921. The number of nitrogens with one attached hydrogen (secondary N) is 1. The Hall–Kier alpha value is -0.890. The van der Waals surface area contributed by atoms with E-state index in [0.717, 1.165) is 18.8 Å². The molecule has 1 aromatic rings. The second-order valence-electron chi connectivity index (χ2n) is 2.56. The Bertz CT molecular complexity index is 255. The molecule has 2 heteroatoms. The molecule has 0 aliphatic carbocycles. The minimum Gasteiger partial charge on any atom is -0.307 e. The van der Waals surface area contributed by atoms with Crippen molar-refractivity contribution in [2.75, 3.05) is 0 Å². The van der Waals surface area contributed by atoms with Gasteiger partial charge in [0.25, 0.3) is 0 Å². The first-order chi connectivity index (χ1) is 4.86. The lowest BCUT2D eigenvalue weighted by Crippen LogP contribution is -2.00. The van der Waals surface area contributed by atoms with Crippen LogP contribution in [0.4, 0.5) is 0 Å². The molecule has 2 rings (SSSR count). The molecule has 0 aromatic carbocycles. The van der Waals surface area contributed by atoms with Crippen molar-refractivity contribution in [1.82, 2.24) is 10.3 Å². The Morgan fingerprint density at radius 3 is 3.40 bits per heavy atom. The van der Waals surface area contributed by atoms with Gasteiger partial charge in [0.05, 0.1) is 5.69 Å². The summed E-state index contributed by atoms with van der Waals surface area (Å²) in [5.74, 6) is 0. The number of nitrogens with zero attached hydrogens (tertiary/aromatic N) is 1. The molecule has 2 nitrogen and oxygen atoms in total.